The highest BCUT2D eigenvalue weighted by Gasteiger charge is 2.50. The maximum absolute atomic E-state index is 12.1. The molecular formula is C10H11F3N2O2. The zero-order chi connectivity index (χ0) is 12.8. The van der Waals surface area contributed by atoms with E-state index in [1.165, 1.54) is 0 Å². The highest BCUT2D eigenvalue weighted by atomic mass is 19.4. The van der Waals surface area contributed by atoms with E-state index >= 15 is 0 Å². The first-order valence-corrected chi connectivity index (χ1v) is 5.16. The van der Waals surface area contributed by atoms with E-state index in [2.05, 4.69) is 0 Å². The van der Waals surface area contributed by atoms with Gasteiger partial charge in [0, 0.05) is 6.04 Å². The molecule has 1 saturated carbocycles. The average Bonchev–Trinajstić information content (AvgIpc) is 2.75. The summed E-state index contributed by atoms with van der Waals surface area (Å²) in [5.74, 6) is -3.82. The molecule has 2 aliphatic carbocycles. The Balaban J connectivity index is 2.13. The number of amides is 2. The van der Waals surface area contributed by atoms with Crippen molar-refractivity contribution in [2.75, 3.05) is 0 Å². The summed E-state index contributed by atoms with van der Waals surface area (Å²) < 4.78 is 36.4. The van der Waals surface area contributed by atoms with E-state index < -0.39 is 30.0 Å². The van der Waals surface area contributed by atoms with Crippen molar-refractivity contribution in [1.29, 1.82) is 0 Å². The van der Waals surface area contributed by atoms with Gasteiger partial charge < -0.3 is 11.1 Å². The molecule has 1 unspecified atom stereocenters. The number of hydrogen-bond acceptors (Lipinski definition) is 2. The van der Waals surface area contributed by atoms with E-state index in [4.69, 9.17) is 5.73 Å². The Hall–Kier alpha value is -1.53. The zero-order valence-electron chi connectivity index (χ0n) is 8.70. The molecule has 2 aliphatic rings. The number of carbonyl (C=O) groups excluding carboxylic acids is 2. The number of allylic oxidation sites excluding steroid dienone is 1. The summed E-state index contributed by atoms with van der Waals surface area (Å²) in [5, 5.41) is 1.87. The Bertz CT molecular complexity index is 392. The molecule has 0 aromatic rings. The number of alkyl halides is 3. The molecule has 94 valence electrons. The smallest absolute Gasteiger partial charge is 0.369 e. The largest absolute Gasteiger partial charge is 0.471 e. The minimum Gasteiger partial charge on any atom is -0.369 e. The van der Waals surface area contributed by atoms with Gasteiger partial charge in [0.05, 0.1) is 5.92 Å². The fraction of sp³-hybridized carbons (Fsp3) is 0.600. The van der Waals surface area contributed by atoms with Crippen LogP contribution in [0.4, 0.5) is 13.2 Å². The topological polar surface area (TPSA) is 72.2 Å². The Kier molecular flexibility index (Phi) is 2.63. The van der Waals surface area contributed by atoms with Gasteiger partial charge in [-0.05, 0) is 18.3 Å². The van der Waals surface area contributed by atoms with Crippen LogP contribution in [0.1, 0.15) is 6.42 Å². The fourth-order valence-corrected chi connectivity index (χ4v) is 2.64. The first kappa shape index (κ1) is 11.9. The second kappa shape index (κ2) is 3.75. The molecule has 1 fully saturated rings. The first-order chi connectivity index (χ1) is 7.80. The van der Waals surface area contributed by atoms with E-state index in [1.54, 1.807) is 12.2 Å². The molecule has 7 heteroatoms. The lowest BCUT2D eigenvalue weighted by molar-refractivity contribution is -0.175. The third kappa shape index (κ3) is 2.01. The van der Waals surface area contributed by atoms with Gasteiger partial charge in [0.2, 0.25) is 5.91 Å². The quantitative estimate of drug-likeness (QED) is 0.692. The SMILES string of the molecule is NC(=O)[C@@H]1C(NC(=O)C(F)(F)F)[C@H]2C=C[C@@H]1C2. The zero-order valence-corrected chi connectivity index (χ0v) is 8.70. The van der Waals surface area contributed by atoms with Crippen molar-refractivity contribution in [3.05, 3.63) is 12.2 Å². The van der Waals surface area contributed by atoms with Crippen LogP contribution in [-0.2, 0) is 9.59 Å². The average molecular weight is 248 g/mol. The summed E-state index contributed by atoms with van der Waals surface area (Å²) in [6, 6.07) is -0.836. The Morgan fingerprint density at radius 1 is 1.24 bits per heavy atom. The molecule has 2 bridgehead atoms. The summed E-state index contributed by atoms with van der Waals surface area (Å²) in [4.78, 5) is 22.0. The molecule has 0 heterocycles. The van der Waals surface area contributed by atoms with Crippen LogP contribution < -0.4 is 11.1 Å². The number of fused-ring (bicyclic) bond motifs is 2. The predicted octanol–water partition coefficient (Wildman–Crippen LogP) is 0.341. The van der Waals surface area contributed by atoms with Crippen molar-refractivity contribution < 1.29 is 22.8 Å². The van der Waals surface area contributed by atoms with Gasteiger partial charge in [-0.15, -0.1) is 0 Å². The highest BCUT2D eigenvalue weighted by Crippen LogP contribution is 2.43. The van der Waals surface area contributed by atoms with Crippen LogP contribution in [0.15, 0.2) is 12.2 Å². The molecule has 4 nitrogen and oxygen atoms in total. The minimum atomic E-state index is -4.94. The monoisotopic (exact) mass is 248 g/mol. The molecule has 2 amide bonds. The maximum atomic E-state index is 12.1. The van der Waals surface area contributed by atoms with Crippen LogP contribution >= 0.6 is 0 Å². The van der Waals surface area contributed by atoms with Gasteiger partial charge in [0.15, 0.2) is 0 Å². The third-order valence-electron chi connectivity index (χ3n) is 3.34. The van der Waals surface area contributed by atoms with E-state index in [1.807, 2.05) is 5.32 Å². The summed E-state index contributed by atoms with van der Waals surface area (Å²) in [6.45, 7) is 0. The molecular weight excluding hydrogens is 237 g/mol. The van der Waals surface area contributed by atoms with Gasteiger partial charge in [-0.1, -0.05) is 12.2 Å². The van der Waals surface area contributed by atoms with Crippen LogP contribution in [0.25, 0.3) is 0 Å². The Morgan fingerprint density at radius 2 is 1.82 bits per heavy atom. The maximum Gasteiger partial charge on any atom is 0.471 e. The van der Waals surface area contributed by atoms with Gasteiger partial charge in [-0.25, -0.2) is 0 Å². The number of nitrogens with one attached hydrogen (secondary N) is 1. The number of halogens is 3. The van der Waals surface area contributed by atoms with Gasteiger partial charge in [-0.3, -0.25) is 9.59 Å². The van der Waals surface area contributed by atoms with Crippen molar-refractivity contribution in [1.82, 2.24) is 5.32 Å². The van der Waals surface area contributed by atoms with Crippen LogP contribution in [0.3, 0.4) is 0 Å². The molecule has 0 aromatic carbocycles. The first-order valence-electron chi connectivity index (χ1n) is 5.16. The van der Waals surface area contributed by atoms with Crippen molar-refractivity contribution in [3.63, 3.8) is 0 Å². The summed E-state index contributed by atoms with van der Waals surface area (Å²) in [7, 11) is 0. The van der Waals surface area contributed by atoms with Crippen LogP contribution in [-0.4, -0.2) is 24.0 Å². The van der Waals surface area contributed by atoms with Crippen molar-refractivity contribution >= 4 is 11.8 Å². The molecule has 2 rings (SSSR count). The van der Waals surface area contributed by atoms with E-state index in [-0.39, 0.29) is 11.8 Å². The molecule has 17 heavy (non-hydrogen) atoms. The summed E-state index contributed by atoms with van der Waals surface area (Å²) in [6.07, 6.45) is -0.869. The molecule has 0 spiro atoms. The Labute approximate surface area is 95.0 Å². The van der Waals surface area contributed by atoms with Crippen molar-refractivity contribution in [2.24, 2.45) is 23.5 Å². The van der Waals surface area contributed by atoms with E-state index in [9.17, 15) is 22.8 Å². The van der Waals surface area contributed by atoms with Gasteiger partial charge in [0.1, 0.15) is 0 Å². The second-order valence-electron chi connectivity index (χ2n) is 4.37. The summed E-state index contributed by atoms with van der Waals surface area (Å²) >= 11 is 0. The van der Waals surface area contributed by atoms with Crippen molar-refractivity contribution in [2.45, 2.75) is 18.6 Å². The lowest BCUT2D eigenvalue weighted by Gasteiger charge is -2.26. The van der Waals surface area contributed by atoms with Crippen LogP contribution in [0, 0.1) is 17.8 Å². The molecule has 0 radical (unpaired) electrons. The predicted molar refractivity (Wildman–Crippen MR) is 51.4 cm³/mol. The normalized spacial score (nSPS) is 35.0. The number of hydrogen-bond donors (Lipinski definition) is 2. The lowest BCUT2D eigenvalue weighted by Crippen LogP contribution is -2.51. The number of primary amides is 1. The number of nitrogens with two attached hydrogens (primary N) is 1. The summed E-state index contributed by atoms with van der Waals surface area (Å²) in [5.41, 5.74) is 5.15. The van der Waals surface area contributed by atoms with Crippen molar-refractivity contribution in [3.8, 4) is 0 Å². The molecule has 4 atom stereocenters. The molecule has 0 aliphatic heterocycles. The number of rotatable bonds is 2. The lowest BCUT2D eigenvalue weighted by atomic mass is 9.88. The second-order valence-corrected chi connectivity index (χ2v) is 4.37. The van der Waals surface area contributed by atoms with Gasteiger partial charge >= 0.3 is 12.1 Å². The Morgan fingerprint density at radius 3 is 2.35 bits per heavy atom. The molecule has 0 aromatic heterocycles. The highest BCUT2D eigenvalue weighted by molar-refractivity contribution is 5.84. The third-order valence-corrected chi connectivity index (χ3v) is 3.34. The van der Waals surface area contributed by atoms with Crippen LogP contribution in [0.5, 0.6) is 0 Å². The van der Waals surface area contributed by atoms with Crippen LogP contribution in [0.2, 0.25) is 0 Å². The van der Waals surface area contributed by atoms with Gasteiger partial charge in [0.25, 0.3) is 0 Å². The van der Waals surface area contributed by atoms with Gasteiger partial charge in [-0.2, -0.15) is 13.2 Å². The molecule has 0 saturated heterocycles. The minimum absolute atomic E-state index is 0.156. The standard InChI is InChI=1S/C10H11F3N2O2/c11-10(12,13)9(17)15-7-5-2-1-4(3-5)6(7)8(14)16/h1-2,4-7H,3H2,(H2,14,16)(H,15,17)/t4-,5+,6+,7?/m1/s1. The van der Waals surface area contributed by atoms with E-state index in [0.717, 1.165) is 0 Å². The fourth-order valence-electron chi connectivity index (χ4n) is 2.64. The van der Waals surface area contributed by atoms with E-state index in [0.29, 0.717) is 6.42 Å². The number of carbonyl (C=O) groups is 2. The molecule has 3 N–H and O–H groups in total.